The average Bonchev–Trinajstić information content (AvgIpc) is 3.47. The number of hydrogen-bond acceptors (Lipinski definition) is 6. The van der Waals surface area contributed by atoms with Gasteiger partial charge in [0.25, 0.3) is 0 Å². The summed E-state index contributed by atoms with van der Waals surface area (Å²) < 4.78 is 0. The molecule has 3 atom stereocenters. The number of fused-ring (bicyclic) bond motifs is 1. The molecule has 0 radical (unpaired) electrons. The lowest BCUT2D eigenvalue weighted by Gasteiger charge is -2.29. The summed E-state index contributed by atoms with van der Waals surface area (Å²) in [6, 6.07) is 5.33. The van der Waals surface area contributed by atoms with Crippen molar-refractivity contribution in [3.05, 3.63) is 36.0 Å². The highest BCUT2D eigenvalue weighted by atomic mass is 32.2. The Balaban J connectivity index is 1.66. The molecule has 1 aliphatic rings. The lowest BCUT2D eigenvalue weighted by atomic mass is 10.0. The van der Waals surface area contributed by atoms with Gasteiger partial charge < -0.3 is 31.4 Å². The Morgan fingerprint density at radius 3 is 2.79 bits per heavy atom. The smallest absolute Gasteiger partial charge is 0.322 e. The number of likely N-dealkylation sites (tertiary alicyclic amines) is 1. The summed E-state index contributed by atoms with van der Waals surface area (Å²) >= 11 is 1.55. The van der Waals surface area contributed by atoms with Crippen molar-refractivity contribution < 1.29 is 24.3 Å². The summed E-state index contributed by atoms with van der Waals surface area (Å²) in [4.78, 5) is 54.0. The number of carboxylic acid groups (broad SMARTS) is 1. The summed E-state index contributed by atoms with van der Waals surface area (Å²) in [7, 11) is 0. The van der Waals surface area contributed by atoms with Crippen LogP contribution in [0.2, 0.25) is 0 Å². The van der Waals surface area contributed by atoms with Gasteiger partial charge in [0.1, 0.15) is 18.6 Å². The molecule has 1 aromatic carbocycles. The van der Waals surface area contributed by atoms with Crippen LogP contribution in [0.5, 0.6) is 0 Å². The van der Waals surface area contributed by atoms with Crippen LogP contribution < -0.4 is 16.4 Å². The Morgan fingerprint density at radius 2 is 2.06 bits per heavy atom. The first-order chi connectivity index (χ1) is 16.3. The minimum atomic E-state index is -1.15. The maximum absolute atomic E-state index is 13.3. The lowest BCUT2D eigenvalue weighted by molar-refractivity contribution is -0.142. The highest BCUT2D eigenvalue weighted by molar-refractivity contribution is 7.98. The molecular formula is C23H31N5O5S. The van der Waals surface area contributed by atoms with Crippen molar-refractivity contribution in [3.63, 3.8) is 0 Å². The number of rotatable bonds is 11. The molecule has 1 saturated heterocycles. The Hall–Kier alpha value is -3.05. The second kappa shape index (κ2) is 11.9. The molecule has 3 rings (SSSR count). The van der Waals surface area contributed by atoms with Gasteiger partial charge in [-0.1, -0.05) is 18.2 Å². The van der Waals surface area contributed by atoms with Gasteiger partial charge in [-0.3, -0.25) is 19.2 Å². The fourth-order valence-electron chi connectivity index (χ4n) is 4.19. The summed E-state index contributed by atoms with van der Waals surface area (Å²) in [5.41, 5.74) is 8.07. The van der Waals surface area contributed by atoms with E-state index in [1.54, 1.807) is 11.8 Å². The zero-order chi connectivity index (χ0) is 24.7. The van der Waals surface area contributed by atoms with E-state index in [-0.39, 0.29) is 5.91 Å². The Labute approximate surface area is 202 Å². The number of aliphatic carboxylic acids is 1. The maximum atomic E-state index is 13.3. The van der Waals surface area contributed by atoms with Crippen LogP contribution in [-0.4, -0.2) is 81.9 Å². The number of thioether (sulfide) groups is 1. The van der Waals surface area contributed by atoms with Gasteiger partial charge in [-0.15, -0.1) is 0 Å². The highest BCUT2D eigenvalue weighted by Crippen LogP contribution is 2.21. The van der Waals surface area contributed by atoms with Gasteiger partial charge in [0.15, 0.2) is 0 Å². The van der Waals surface area contributed by atoms with Crippen LogP contribution in [0, 0.1) is 0 Å². The largest absolute Gasteiger partial charge is 0.480 e. The molecule has 0 spiro atoms. The van der Waals surface area contributed by atoms with Crippen LogP contribution >= 0.6 is 11.8 Å². The number of aromatic amines is 1. The molecule has 2 heterocycles. The molecule has 0 bridgehead atoms. The zero-order valence-electron chi connectivity index (χ0n) is 19.1. The Kier molecular flexibility index (Phi) is 8.94. The fourth-order valence-corrected chi connectivity index (χ4v) is 4.66. The third kappa shape index (κ3) is 6.29. The summed E-state index contributed by atoms with van der Waals surface area (Å²) in [5.74, 6) is -1.80. The standard InChI is InChI=1S/C23H31N5O5S/c1-34-10-8-18(23(33)28-9-4-7-19(28)22(32)26-13-20(29)30)27-21(31)16(24)11-14-12-25-17-6-3-2-5-15(14)17/h2-3,5-6,12,16,18-19,25H,4,7-11,13,24H2,1H3,(H,26,32)(H,27,31)(H,29,30). The van der Waals surface area contributed by atoms with Crippen LogP contribution in [0.4, 0.5) is 0 Å². The quantitative estimate of drug-likeness (QED) is 0.307. The number of hydrogen-bond donors (Lipinski definition) is 5. The summed E-state index contributed by atoms with van der Waals surface area (Å²) in [6.07, 6.45) is 5.51. The first-order valence-electron chi connectivity index (χ1n) is 11.2. The number of nitrogens with one attached hydrogen (secondary N) is 3. The van der Waals surface area contributed by atoms with Crippen molar-refractivity contribution in [2.45, 2.75) is 43.8 Å². The van der Waals surface area contributed by atoms with E-state index in [0.29, 0.717) is 38.0 Å². The van der Waals surface area contributed by atoms with Crippen LogP contribution in [-0.2, 0) is 25.6 Å². The number of nitrogens with zero attached hydrogens (tertiary/aromatic N) is 1. The first kappa shape index (κ1) is 25.6. The van der Waals surface area contributed by atoms with E-state index >= 15 is 0 Å². The molecule has 1 fully saturated rings. The van der Waals surface area contributed by atoms with E-state index in [0.717, 1.165) is 16.5 Å². The molecule has 3 unspecified atom stereocenters. The number of carboxylic acids is 1. The first-order valence-corrected chi connectivity index (χ1v) is 12.6. The van der Waals surface area contributed by atoms with Crippen LogP contribution in [0.1, 0.15) is 24.8 Å². The highest BCUT2D eigenvalue weighted by Gasteiger charge is 2.38. The predicted octanol–water partition coefficient (Wildman–Crippen LogP) is 0.467. The van der Waals surface area contributed by atoms with Gasteiger partial charge in [0.2, 0.25) is 17.7 Å². The van der Waals surface area contributed by atoms with Gasteiger partial charge in [0.05, 0.1) is 6.04 Å². The number of para-hydroxylation sites is 1. The molecular weight excluding hydrogens is 458 g/mol. The Bertz CT molecular complexity index is 1040. The van der Waals surface area contributed by atoms with E-state index < -0.39 is 42.5 Å². The van der Waals surface area contributed by atoms with Crippen LogP contribution in [0.25, 0.3) is 10.9 Å². The van der Waals surface area contributed by atoms with Crippen molar-refractivity contribution in [3.8, 4) is 0 Å². The van der Waals surface area contributed by atoms with Crippen molar-refractivity contribution in [1.29, 1.82) is 0 Å². The number of amides is 3. The van der Waals surface area contributed by atoms with E-state index in [2.05, 4.69) is 15.6 Å². The van der Waals surface area contributed by atoms with Crippen molar-refractivity contribution in [2.24, 2.45) is 5.73 Å². The number of carbonyl (C=O) groups excluding carboxylic acids is 3. The molecule has 11 heteroatoms. The Morgan fingerprint density at radius 1 is 1.29 bits per heavy atom. The van der Waals surface area contributed by atoms with Crippen LogP contribution in [0.3, 0.4) is 0 Å². The normalized spacial score (nSPS) is 17.4. The molecule has 0 saturated carbocycles. The van der Waals surface area contributed by atoms with E-state index in [4.69, 9.17) is 10.8 Å². The molecule has 10 nitrogen and oxygen atoms in total. The molecule has 2 aromatic rings. The second-order valence-electron chi connectivity index (χ2n) is 8.31. The second-order valence-corrected chi connectivity index (χ2v) is 9.30. The molecule has 1 aliphatic heterocycles. The molecule has 184 valence electrons. The fraction of sp³-hybridized carbons (Fsp3) is 0.478. The third-order valence-electron chi connectivity index (χ3n) is 5.93. The van der Waals surface area contributed by atoms with Crippen molar-refractivity contribution >= 4 is 46.4 Å². The molecule has 6 N–H and O–H groups in total. The lowest BCUT2D eigenvalue weighted by Crippen LogP contribution is -2.56. The van der Waals surface area contributed by atoms with Gasteiger partial charge in [-0.05, 0) is 49.3 Å². The van der Waals surface area contributed by atoms with Gasteiger partial charge >= 0.3 is 5.97 Å². The van der Waals surface area contributed by atoms with Crippen molar-refractivity contribution in [2.75, 3.05) is 25.1 Å². The monoisotopic (exact) mass is 489 g/mol. The number of carbonyl (C=O) groups is 4. The van der Waals surface area contributed by atoms with Crippen molar-refractivity contribution in [1.82, 2.24) is 20.5 Å². The predicted molar refractivity (Wildman–Crippen MR) is 130 cm³/mol. The topological polar surface area (TPSA) is 158 Å². The average molecular weight is 490 g/mol. The van der Waals surface area contributed by atoms with Gasteiger partial charge in [-0.2, -0.15) is 11.8 Å². The van der Waals surface area contributed by atoms with E-state index in [1.165, 1.54) is 4.90 Å². The summed E-state index contributed by atoms with van der Waals surface area (Å²) in [5, 5.41) is 14.9. The van der Waals surface area contributed by atoms with Gasteiger partial charge in [0, 0.05) is 23.6 Å². The minimum Gasteiger partial charge on any atom is -0.480 e. The molecule has 3 amide bonds. The maximum Gasteiger partial charge on any atom is 0.322 e. The van der Waals surface area contributed by atoms with E-state index in [9.17, 15) is 19.2 Å². The third-order valence-corrected chi connectivity index (χ3v) is 6.57. The molecule has 1 aromatic heterocycles. The summed E-state index contributed by atoms with van der Waals surface area (Å²) in [6.45, 7) is -0.135. The minimum absolute atomic E-state index is 0.309. The zero-order valence-corrected chi connectivity index (χ0v) is 19.9. The SMILES string of the molecule is CSCCC(NC(=O)C(N)Cc1c[nH]c2ccccc12)C(=O)N1CCCC1C(=O)NCC(=O)O. The number of benzene rings is 1. The molecule has 34 heavy (non-hydrogen) atoms. The number of aromatic nitrogens is 1. The molecule has 0 aliphatic carbocycles. The van der Waals surface area contributed by atoms with E-state index in [1.807, 2.05) is 36.7 Å². The van der Waals surface area contributed by atoms with Crippen LogP contribution in [0.15, 0.2) is 30.5 Å². The van der Waals surface area contributed by atoms with Gasteiger partial charge in [-0.25, -0.2) is 0 Å². The number of H-pyrrole nitrogens is 1. The number of nitrogens with two attached hydrogens (primary N) is 1.